The number of rotatable bonds is 4. The van der Waals surface area contributed by atoms with E-state index in [0.717, 1.165) is 24.2 Å². The topological polar surface area (TPSA) is 84.1 Å². The number of aromatic amines is 1. The molecule has 0 unspecified atom stereocenters. The number of hydrogen-bond donors (Lipinski definition) is 1. The normalized spacial score (nSPS) is 13.6. The van der Waals surface area contributed by atoms with E-state index in [1.165, 1.54) is 24.1 Å². The minimum atomic E-state index is -0.0500. The first-order valence-electron chi connectivity index (χ1n) is 9.89. The monoisotopic (exact) mass is 389 g/mol. The summed E-state index contributed by atoms with van der Waals surface area (Å²) in [5.74, 6) is 0.664. The summed E-state index contributed by atoms with van der Waals surface area (Å²) in [4.78, 5) is 14.8. The number of fused-ring (bicyclic) bond motifs is 2. The third-order valence-corrected chi connectivity index (χ3v) is 5.70. The van der Waals surface area contributed by atoms with Gasteiger partial charge in [0.2, 0.25) is 0 Å². The quantitative estimate of drug-likeness (QED) is 0.581. The van der Waals surface area contributed by atoms with E-state index in [0.29, 0.717) is 23.6 Å². The molecule has 8 nitrogen and oxygen atoms in total. The number of hydrogen-bond acceptors (Lipinski definition) is 4. The van der Waals surface area contributed by atoms with Crippen molar-refractivity contribution in [2.45, 2.75) is 32.2 Å². The summed E-state index contributed by atoms with van der Waals surface area (Å²) in [6.07, 6.45) is 8.25. The van der Waals surface area contributed by atoms with Crippen molar-refractivity contribution in [2.75, 3.05) is 7.05 Å². The van der Waals surface area contributed by atoms with Crippen LogP contribution in [0, 0.1) is 0 Å². The predicted octanol–water partition coefficient (Wildman–Crippen LogP) is 2.61. The fourth-order valence-electron chi connectivity index (χ4n) is 4.08. The van der Waals surface area contributed by atoms with Crippen LogP contribution in [-0.2, 0) is 26.4 Å². The smallest absolute Gasteiger partial charge is 0.255 e. The fraction of sp³-hybridized carbons (Fsp3) is 0.333. The van der Waals surface area contributed by atoms with E-state index in [-0.39, 0.29) is 5.91 Å². The van der Waals surface area contributed by atoms with E-state index < -0.39 is 0 Å². The van der Waals surface area contributed by atoms with Crippen LogP contribution in [0.25, 0.3) is 17.2 Å². The van der Waals surface area contributed by atoms with E-state index in [9.17, 15) is 4.79 Å². The Labute approximate surface area is 168 Å². The van der Waals surface area contributed by atoms with E-state index in [1.54, 1.807) is 11.0 Å². The van der Waals surface area contributed by atoms with Crippen LogP contribution in [0.1, 0.15) is 40.2 Å². The molecule has 5 rings (SSSR count). The maximum absolute atomic E-state index is 13.1. The molecule has 0 atom stereocenters. The standard InChI is InChI=1S/C21H23N7O/c1-26-11-5-8-18(26)20-25-24-19-10-9-14(12-28(19)20)21(29)27(2)13-17-15-6-3-4-7-16(15)22-23-17/h5,8-12H,3-4,6-7,13H2,1-2H3,(H,22,23). The second-order valence-electron chi connectivity index (χ2n) is 7.67. The summed E-state index contributed by atoms with van der Waals surface area (Å²) in [5, 5.41) is 16.2. The van der Waals surface area contributed by atoms with Gasteiger partial charge in [0.25, 0.3) is 5.91 Å². The lowest BCUT2D eigenvalue weighted by Gasteiger charge is -2.18. The van der Waals surface area contributed by atoms with Gasteiger partial charge >= 0.3 is 0 Å². The third-order valence-electron chi connectivity index (χ3n) is 5.70. The average molecular weight is 389 g/mol. The fourth-order valence-corrected chi connectivity index (χ4v) is 4.08. The molecule has 0 saturated heterocycles. The molecule has 0 aromatic carbocycles. The van der Waals surface area contributed by atoms with Crippen LogP contribution in [0.2, 0.25) is 0 Å². The van der Waals surface area contributed by atoms with Crippen molar-refractivity contribution in [1.82, 2.24) is 34.3 Å². The van der Waals surface area contributed by atoms with Crippen LogP contribution in [0.15, 0.2) is 36.7 Å². The van der Waals surface area contributed by atoms with Gasteiger partial charge in [-0.25, -0.2) is 0 Å². The highest BCUT2D eigenvalue weighted by atomic mass is 16.2. The molecule has 1 amide bonds. The lowest BCUT2D eigenvalue weighted by molar-refractivity contribution is 0.0782. The van der Waals surface area contributed by atoms with Gasteiger partial charge in [-0.1, -0.05) is 0 Å². The zero-order chi connectivity index (χ0) is 20.0. The molecule has 0 aliphatic heterocycles. The summed E-state index contributed by atoms with van der Waals surface area (Å²) in [5.41, 5.74) is 5.74. The van der Waals surface area contributed by atoms with E-state index in [2.05, 4.69) is 20.4 Å². The number of pyridine rings is 1. The number of carbonyl (C=O) groups excluding carboxylic acids is 1. The van der Waals surface area contributed by atoms with Crippen LogP contribution in [0.4, 0.5) is 0 Å². The van der Waals surface area contributed by atoms with Gasteiger partial charge in [0, 0.05) is 32.2 Å². The van der Waals surface area contributed by atoms with Gasteiger partial charge in [-0.05, 0) is 55.5 Å². The number of H-pyrrole nitrogens is 1. The van der Waals surface area contributed by atoms with Crippen molar-refractivity contribution in [3.8, 4) is 11.5 Å². The molecule has 4 aromatic rings. The Kier molecular flexibility index (Phi) is 4.19. The Balaban J connectivity index is 1.43. The van der Waals surface area contributed by atoms with Crippen molar-refractivity contribution in [3.05, 3.63) is 59.2 Å². The van der Waals surface area contributed by atoms with Gasteiger partial charge in [0.05, 0.1) is 23.5 Å². The summed E-state index contributed by atoms with van der Waals surface area (Å²) < 4.78 is 3.85. The largest absolute Gasteiger partial charge is 0.348 e. The van der Waals surface area contributed by atoms with Crippen molar-refractivity contribution in [3.63, 3.8) is 0 Å². The molecular weight excluding hydrogens is 366 g/mol. The van der Waals surface area contributed by atoms with E-state index in [1.807, 2.05) is 53.7 Å². The summed E-state index contributed by atoms with van der Waals surface area (Å²) >= 11 is 0. The summed E-state index contributed by atoms with van der Waals surface area (Å²) in [7, 11) is 3.78. The van der Waals surface area contributed by atoms with Crippen LogP contribution < -0.4 is 0 Å². The predicted molar refractivity (Wildman–Crippen MR) is 108 cm³/mol. The van der Waals surface area contributed by atoms with Gasteiger partial charge in [-0.15, -0.1) is 10.2 Å². The number of nitrogens with one attached hydrogen (secondary N) is 1. The van der Waals surface area contributed by atoms with Crippen LogP contribution >= 0.6 is 0 Å². The molecule has 29 heavy (non-hydrogen) atoms. The van der Waals surface area contributed by atoms with Crippen molar-refractivity contribution in [1.29, 1.82) is 0 Å². The maximum atomic E-state index is 13.1. The molecule has 4 heterocycles. The van der Waals surface area contributed by atoms with Crippen molar-refractivity contribution < 1.29 is 4.79 Å². The second kappa shape index (κ2) is 6.88. The highest BCUT2D eigenvalue weighted by molar-refractivity contribution is 5.94. The van der Waals surface area contributed by atoms with Crippen LogP contribution in [-0.4, -0.2) is 47.2 Å². The lowest BCUT2D eigenvalue weighted by atomic mass is 9.96. The number of nitrogens with zero attached hydrogens (tertiary/aromatic N) is 6. The zero-order valence-electron chi connectivity index (χ0n) is 16.6. The van der Waals surface area contributed by atoms with E-state index in [4.69, 9.17) is 0 Å². The Morgan fingerprint density at radius 3 is 2.90 bits per heavy atom. The molecule has 0 fully saturated rings. The SMILES string of the molecule is CN(Cc1n[nH]c2c1CCCC2)C(=O)c1ccc2nnc(-c3cccn3C)n2c1. The molecule has 1 aliphatic rings. The number of aromatic nitrogens is 6. The first-order chi connectivity index (χ1) is 14.1. The Morgan fingerprint density at radius 1 is 1.21 bits per heavy atom. The van der Waals surface area contributed by atoms with Gasteiger partial charge in [0.1, 0.15) is 0 Å². The van der Waals surface area contributed by atoms with Crippen LogP contribution in [0.5, 0.6) is 0 Å². The molecular formula is C21H23N7O. The van der Waals surface area contributed by atoms with Crippen molar-refractivity contribution >= 4 is 11.6 Å². The molecule has 0 bridgehead atoms. The number of carbonyl (C=O) groups is 1. The molecule has 1 N–H and O–H groups in total. The highest BCUT2D eigenvalue weighted by Gasteiger charge is 2.21. The minimum absolute atomic E-state index is 0.0500. The molecule has 148 valence electrons. The van der Waals surface area contributed by atoms with Gasteiger partial charge in [-0.3, -0.25) is 14.3 Å². The molecule has 0 spiro atoms. The van der Waals surface area contributed by atoms with Gasteiger partial charge in [-0.2, -0.15) is 5.10 Å². The Bertz CT molecular complexity index is 1200. The second-order valence-corrected chi connectivity index (χ2v) is 7.67. The minimum Gasteiger partial charge on any atom is -0.348 e. The Hall–Kier alpha value is -3.42. The third kappa shape index (κ3) is 3.00. The zero-order valence-corrected chi connectivity index (χ0v) is 16.6. The molecule has 1 aliphatic carbocycles. The summed E-state index contributed by atoms with van der Waals surface area (Å²) in [6.45, 7) is 0.496. The first-order valence-corrected chi connectivity index (χ1v) is 9.89. The number of amides is 1. The van der Waals surface area contributed by atoms with Gasteiger partial charge < -0.3 is 9.47 Å². The van der Waals surface area contributed by atoms with Crippen LogP contribution in [0.3, 0.4) is 0 Å². The molecule has 8 heteroatoms. The molecule has 4 aromatic heterocycles. The summed E-state index contributed by atoms with van der Waals surface area (Å²) in [6, 6.07) is 7.58. The number of aryl methyl sites for hydroxylation is 2. The highest BCUT2D eigenvalue weighted by Crippen LogP contribution is 2.24. The first kappa shape index (κ1) is 17.7. The average Bonchev–Trinajstić information content (AvgIpc) is 3.45. The maximum Gasteiger partial charge on any atom is 0.255 e. The molecule has 0 saturated carbocycles. The van der Waals surface area contributed by atoms with Gasteiger partial charge in [0.15, 0.2) is 11.5 Å². The molecule has 0 radical (unpaired) electrons. The van der Waals surface area contributed by atoms with E-state index >= 15 is 0 Å². The van der Waals surface area contributed by atoms with Crippen molar-refractivity contribution in [2.24, 2.45) is 7.05 Å². The Morgan fingerprint density at radius 2 is 2.07 bits per heavy atom. The lowest BCUT2D eigenvalue weighted by Crippen LogP contribution is -2.27.